The van der Waals surface area contributed by atoms with Gasteiger partial charge in [0.2, 0.25) is 0 Å². The number of piperazine rings is 1. The second-order valence-corrected chi connectivity index (χ2v) is 10.1. The van der Waals surface area contributed by atoms with Gasteiger partial charge in [-0.15, -0.1) is 0 Å². The lowest BCUT2D eigenvalue weighted by atomic mass is 10.0. The van der Waals surface area contributed by atoms with Crippen molar-refractivity contribution in [2.75, 3.05) is 37.7 Å². The van der Waals surface area contributed by atoms with Gasteiger partial charge in [0.05, 0.1) is 34.9 Å². The van der Waals surface area contributed by atoms with E-state index < -0.39 is 24.0 Å². The van der Waals surface area contributed by atoms with Crippen molar-refractivity contribution < 1.29 is 23.5 Å². The lowest BCUT2D eigenvalue weighted by Crippen LogP contribution is -2.60. The Morgan fingerprint density at radius 3 is 2.68 bits per heavy atom. The van der Waals surface area contributed by atoms with E-state index in [4.69, 9.17) is 22.1 Å². The molecule has 1 saturated heterocycles. The van der Waals surface area contributed by atoms with Gasteiger partial charge in [-0.2, -0.15) is 0 Å². The number of carbonyl (C=O) groups excluding carboxylic acids is 3. The quantitative estimate of drug-likeness (QED) is 0.236. The van der Waals surface area contributed by atoms with Gasteiger partial charge in [-0.3, -0.25) is 14.5 Å². The highest BCUT2D eigenvalue weighted by Gasteiger charge is 2.31. The van der Waals surface area contributed by atoms with Crippen molar-refractivity contribution in [2.24, 2.45) is 5.73 Å². The van der Waals surface area contributed by atoms with Crippen molar-refractivity contribution in [3.8, 4) is 11.3 Å². The number of alkyl halides is 1. The fourth-order valence-electron chi connectivity index (χ4n) is 4.16. The Labute approximate surface area is 237 Å². The molecule has 1 aliphatic rings. The molecule has 0 spiro atoms. The summed E-state index contributed by atoms with van der Waals surface area (Å²) in [6, 6.07) is 10.8. The number of amides is 3. The minimum absolute atomic E-state index is 0.0803. The fraction of sp³-hybridized carbons (Fsp3) is 0.308. The van der Waals surface area contributed by atoms with E-state index in [0.717, 1.165) is 10.8 Å². The monoisotopic (exact) mass is 653 g/mol. The molecule has 1 atom stereocenters. The molecule has 0 unspecified atom stereocenters. The molecule has 1 aliphatic heterocycles. The number of rotatable bonds is 6. The SMILES string of the molecule is CNC(=O)c1ccc(-c2cc(Cl)c3ccc(C(=O)N4CCN(C(=O)OCCCI)[C@H](N)C4)cc3n2)cc1F. The van der Waals surface area contributed by atoms with Gasteiger partial charge in [-0.25, -0.2) is 14.2 Å². The van der Waals surface area contributed by atoms with E-state index in [1.54, 1.807) is 35.2 Å². The first-order valence-electron chi connectivity index (χ1n) is 11.9. The summed E-state index contributed by atoms with van der Waals surface area (Å²) >= 11 is 8.70. The number of benzene rings is 2. The number of carbonyl (C=O) groups is 3. The molecule has 0 bridgehead atoms. The molecule has 3 aromatic rings. The second-order valence-electron chi connectivity index (χ2n) is 8.66. The number of nitrogens with zero attached hydrogens (tertiary/aromatic N) is 3. The van der Waals surface area contributed by atoms with Crippen LogP contribution in [0.25, 0.3) is 22.2 Å². The molecule has 3 amide bonds. The Morgan fingerprint density at radius 1 is 1.21 bits per heavy atom. The summed E-state index contributed by atoms with van der Waals surface area (Å²) in [5, 5.41) is 3.41. The predicted octanol–water partition coefficient (Wildman–Crippen LogP) is 4.06. The standard InChI is InChI=1S/C26H26ClFIN5O4/c1-31-24(35)18-6-3-15(11-20(18)28)21-13-19(27)17-5-4-16(12-22(17)32-21)25(36)33-8-9-34(23(30)14-33)26(37)38-10-2-7-29/h3-6,11-13,23H,2,7-10,14,30H2,1H3,(H,31,35)/t23-/m0/s1. The minimum atomic E-state index is -0.688. The summed E-state index contributed by atoms with van der Waals surface area (Å²) in [5.74, 6) is -1.48. The molecule has 1 aromatic heterocycles. The number of hydrogen-bond donors (Lipinski definition) is 2. The van der Waals surface area contributed by atoms with Crippen LogP contribution in [0.3, 0.4) is 0 Å². The van der Waals surface area contributed by atoms with Gasteiger partial charge in [-0.1, -0.05) is 46.3 Å². The molecule has 12 heteroatoms. The number of fused-ring (bicyclic) bond motifs is 1. The van der Waals surface area contributed by atoms with E-state index in [-0.39, 0.29) is 24.6 Å². The fourth-order valence-corrected chi connectivity index (χ4v) is 4.74. The molecule has 0 aliphatic carbocycles. The van der Waals surface area contributed by atoms with Crippen molar-refractivity contribution in [1.82, 2.24) is 20.1 Å². The van der Waals surface area contributed by atoms with Crippen LogP contribution in [0.15, 0.2) is 42.5 Å². The van der Waals surface area contributed by atoms with Gasteiger partial charge in [-0.05, 0) is 36.8 Å². The molecule has 9 nitrogen and oxygen atoms in total. The van der Waals surface area contributed by atoms with Crippen LogP contribution in [0, 0.1) is 5.82 Å². The summed E-state index contributed by atoms with van der Waals surface area (Å²) in [7, 11) is 1.43. The Kier molecular flexibility index (Phi) is 9.00. The van der Waals surface area contributed by atoms with Crippen LogP contribution >= 0.6 is 34.2 Å². The molecular formula is C26H26ClFIN5O4. The van der Waals surface area contributed by atoms with Gasteiger partial charge >= 0.3 is 6.09 Å². The zero-order valence-electron chi connectivity index (χ0n) is 20.5. The number of hydrogen-bond acceptors (Lipinski definition) is 6. The summed E-state index contributed by atoms with van der Waals surface area (Å²) in [6.45, 7) is 1.04. The van der Waals surface area contributed by atoms with Gasteiger partial charge in [0.25, 0.3) is 11.8 Å². The maximum Gasteiger partial charge on any atom is 0.411 e. The maximum absolute atomic E-state index is 14.5. The van der Waals surface area contributed by atoms with E-state index >= 15 is 0 Å². The minimum Gasteiger partial charge on any atom is -0.449 e. The molecule has 38 heavy (non-hydrogen) atoms. The van der Waals surface area contributed by atoms with Crippen molar-refractivity contribution in [1.29, 1.82) is 0 Å². The summed E-state index contributed by atoms with van der Waals surface area (Å²) in [6.07, 6.45) is -0.406. The highest BCUT2D eigenvalue weighted by atomic mass is 127. The molecule has 2 aromatic carbocycles. The number of halogens is 3. The van der Waals surface area contributed by atoms with Crippen LogP contribution in [0.1, 0.15) is 27.1 Å². The van der Waals surface area contributed by atoms with Gasteiger partial charge in [0, 0.05) is 41.1 Å². The van der Waals surface area contributed by atoms with Crippen molar-refractivity contribution >= 4 is 63.0 Å². The van der Waals surface area contributed by atoms with Crippen LogP contribution in [0.4, 0.5) is 9.18 Å². The topological polar surface area (TPSA) is 118 Å². The third-order valence-corrected chi connectivity index (χ3v) is 7.26. The number of aromatic nitrogens is 1. The lowest BCUT2D eigenvalue weighted by molar-refractivity contribution is 0.0391. The smallest absolute Gasteiger partial charge is 0.411 e. The van der Waals surface area contributed by atoms with E-state index in [1.165, 1.54) is 24.1 Å². The van der Waals surface area contributed by atoms with E-state index in [9.17, 15) is 18.8 Å². The van der Waals surface area contributed by atoms with Crippen molar-refractivity contribution in [3.63, 3.8) is 0 Å². The third kappa shape index (κ3) is 6.00. The maximum atomic E-state index is 14.5. The van der Waals surface area contributed by atoms with Crippen molar-refractivity contribution in [2.45, 2.75) is 12.6 Å². The van der Waals surface area contributed by atoms with Crippen LogP contribution in [0.2, 0.25) is 5.02 Å². The number of ether oxygens (including phenoxy) is 1. The normalized spacial score (nSPS) is 15.4. The molecule has 1 fully saturated rings. The van der Waals surface area contributed by atoms with Crippen molar-refractivity contribution in [3.05, 3.63) is 64.4 Å². The van der Waals surface area contributed by atoms with Gasteiger partial charge < -0.3 is 20.7 Å². The Morgan fingerprint density at radius 2 is 2.00 bits per heavy atom. The first kappa shape index (κ1) is 28.0. The van der Waals surface area contributed by atoms with Gasteiger partial charge in [0.1, 0.15) is 12.0 Å². The average Bonchev–Trinajstić information content (AvgIpc) is 2.91. The summed E-state index contributed by atoms with van der Waals surface area (Å²) in [5.41, 5.74) is 7.76. The molecule has 2 heterocycles. The lowest BCUT2D eigenvalue weighted by Gasteiger charge is -2.38. The van der Waals surface area contributed by atoms with Crippen LogP contribution < -0.4 is 11.1 Å². The van der Waals surface area contributed by atoms with E-state index in [0.29, 0.717) is 45.9 Å². The van der Waals surface area contributed by atoms with Gasteiger partial charge in [0.15, 0.2) is 0 Å². The zero-order chi connectivity index (χ0) is 27.4. The summed E-state index contributed by atoms with van der Waals surface area (Å²) in [4.78, 5) is 45.0. The Balaban J connectivity index is 1.54. The van der Waals surface area contributed by atoms with Crippen LogP contribution in [-0.2, 0) is 4.74 Å². The number of nitrogens with one attached hydrogen (secondary N) is 1. The molecule has 3 N–H and O–H groups in total. The zero-order valence-corrected chi connectivity index (χ0v) is 23.5. The van der Waals surface area contributed by atoms with E-state index in [2.05, 4.69) is 32.9 Å². The number of pyridine rings is 1. The molecule has 0 saturated carbocycles. The third-order valence-electron chi connectivity index (χ3n) is 6.19. The predicted molar refractivity (Wildman–Crippen MR) is 151 cm³/mol. The molecule has 200 valence electrons. The molecule has 0 radical (unpaired) electrons. The molecule has 4 rings (SSSR count). The first-order chi connectivity index (χ1) is 18.2. The largest absolute Gasteiger partial charge is 0.449 e. The Bertz CT molecular complexity index is 1390. The second kappa shape index (κ2) is 12.2. The molecular weight excluding hydrogens is 628 g/mol. The summed E-state index contributed by atoms with van der Waals surface area (Å²) < 4.78 is 20.7. The van der Waals surface area contributed by atoms with Crippen LogP contribution in [-0.4, -0.2) is 76.6 Å². The average molecular weight is 654 g/mol. The Hall–Kier alpha value is -3.03. The highest BCUT2D eigenvalue weighted by Crippen LogP contribution is 2.30. The first-order valence-corrected chi connectivity index (χ1v) is 13.8. The highest BCUT2D eigenvalue weighted by molar-refractivity contribution is 14.1. The van der Waals surface area contributed by atoms with Crippen LogP contribution in [0.5, 0.6) is 0 Å². The number of nitrogens with two attached hydrogens (primary N) is 1. The van der Waals surface area contributed by atoms with E-state index in [1.807, 2.05) is 0 Å².